The SMILES string of the molecule is CCC(C)CC(=O)C1OCCC1C. The Morgan fingerprint density at radius 2 is 2.31 bits per heavy atom. The summed E-state index contributed by atoms with van der Waals surface area (Å²) in [5.74, 6) is 1.24. The van der Waals surface area contributed by atoms with Crippen LogP contribution >= 0.6 is 0 Å². The van der Waals surface area contributed by atoms with E-state index in [4.69, 9.17) is 4.74 Å². The first-order valence-corrected chi connectivity index (χ1v) is 5.29. The van der Waals surface area contributed by atoms with Gasteiger partial charge in [-0.05, 0) is 18.3 Å². The van der Waals surface area contributed by atoms with Gasteiger partial charge in [0.25, 0.3) is 0 Å². The smallest absolute Gasteiger partial charge is 0.162 e. The van der Waals surface area contributed by atoms with Gasteiger partial charge in [0.05, 0.1) is 0 Å². The van der Waals surface area contributed by atoms with Crippen LogP contribution in [0.2, 0.25) is 0 Å². The molecular formula is C11H20O2. The van der Waals surface area contributed by atoms with Crippen molar-refractivity contribution < 1.29 is 9.53 Å². The predicted octanol–water partition coefficient (Wildman–Crippen LogP) is 2.42. The topological polar surface area (TPSA) is 26.3 Å². The van der Waals surface area contributed by atoms with Gasteiger partial charge in [0.2, 0.25) is 0 Å². The molecule has 0 amide bonds. The van der Waals surface area contributed by atoms with Gasteiger partial charge in [0.15, 0.2) is 5.78 Å². The van der Waals surface area contributed by atoms with Crippen LogP contribution in [0.15, 0.2) is 0 Å². The lowest BCUT2D eigenvalue weighted by molar-refractivity contribution is -0.130. The fourth-order valence-corrected chi connectivity index (χ4v) is 1.71. The standard InChI is InChI=1S/C11H20O2/c1-4-8(2)7-10(12)11-9(3)5-6-13-11/h8-9,11H,4-7H2,1-3H3. The molecule has 0 N–H and O–H groups in total. The summed E-state index contributed by atoms with van der Waals surface area (Å²) < 4.78 is 5.42. The molecule has 0 aromatic carbocycles. The van der Waals surface area contributed by atoms with Crippen LogP contribution in [0.1, 0.15) is 40.0 Å². The molecule has 1 aliphatic rings. The zero-order valence-corrected chi connectivity index (χ0v) is 8.88. The largest absolute Gasteiger partial charge is 0.370 e. The van der Waals surface area contributed by atoms with Crippen molar-refractivity contribution in [2.45, 2.75) is 46.1 Å². The molecule has 0 saturated carbocycles. The summed E-state index contributed by atoms with van der Waals surface area (Å²) in [5, 5.41) is 0. The van der Waals surface area contributed by atoms with Gasteiger partial charge in [-0.15, -0.1) is 0 Å². The minimum absolute atomic E-state index is 0.103. The Kier molecular flexibility index (Phi) is 3.91. The van der Waals surface area contributed by atoms with E-state index in [9.17, 15) is 4.79 Å². The van der Waals surface area contributed by atoms with Crippen molar-refractivity contribution >= 4 is 5.78 Å². The van der Waals surface area contributed by atoms with Gasteiger partial charge in [-0.2, -0.15) is 0 Å². The molecule has 0 radical (unpaired) electrons. The van der Waals surface area contributed by atoms with Gasteiger partial charge >= 0.3 is 0 Å². The Balaban J connectivity index is 2.38. The van der Waals surface area contributed by atoms with Crippen molar-refractivity contribution in [3.63, 3.8) is 0 Å². The number of carbonyl (C=O) groups is 1. The summed E-state index contributed by atoms with van der Waals surface area (Å²) >= 11 is 0. The number of rotatable bonds is 4. The van der Waals surface area contributed by atoms with Crippen molar-refractivity contribution in [1.29, 1.82) is 0 Å². The quantitative estimate of drug-likeness (QED) is 0.670. The molecule has 3 unspecified atom stereocenters. The fraction of sp³-hybridized carbons (Fsp3) is 0.909. The number of ketones is 1. The summed E-state index contributed by atoms with van der Waals surface area (Å²) in [4.78, 5) is 11.7. The minimum Gasteiger partial charge on any atom is -0.370 e. The maximum atomic E-state index is 11.7. The summed E-state index contributed by atoms with van der Waals surface area (Å²) in [7, 11) is 0. The van der Waals surface area contributed by atoms with Crippen LogP contribution in [0.3, 0.4) is 0 Å². The lowest BCUT2D eigenvalue weighted by Gasteiger charge is -2.15. The van der Waals surface area contributed by atoms with Gasteiger partial charge in [-0.25, -0.2) is 0 Å². The van der Waals surface area contributed by atoms with E-state index < -0.39 is 0 Å². The third kappa shape index (κ3) is 2.80. The Bertz CT molecular complexity index is 177. The molecule has 3 atom stereocenters. The third-order valence-electron chi connectivity index (χ3n) is 2.95. The first kappa shape index (κ1) is 10.7. The van der Waals surface area contributed by atoms with Crippen LogP contribution in [-0.2, 0) is 9.53 Å². The number of Topliss-reactive ketones (excluding diaryl/α,β-unsaturated/α-hetero) is 1. The molecule has 1 rings (SSSR count). The molecule has 13 heavy (non-hydrogen) atoms. The first-order valence-electron chi connectivity index (χ1n) is 5.29. The Labute approximate surface area is 80.7 Å². The zero-order valence-electron chi connectivity index (χ0n) is 8.88. The van der Waals surface area contributed by atoms with Crippen LogP contribution in [0.5, 0.6) is 0 Å². The second-order valence-corrected chi connectivity index (χ2v) is 4.24. The van der Waals surface area contributed by atoms with E-state index in [1.807, 2.05) is 0 Å². The number of hydrogen-bond acceptors (Lipinski definition) is 2. The van der Waals surface area contributed by atoms with Crippen LogP contribution < -0.4 is 0 Å². The van der Waals surface area contributed by atoms with Gasteiger partial charge < -0.3 is 4.74 Å². The zero-order chi connectivity index (χ0) is 9.84. The molecule has 1 aliphatic heterocycles. The van der Waals surface area contributed by atoms with Crippen LogP contribution in [0.4, 0.5) is 0 Å². The van der Waals surface area contributed by atoms with Crippen molar-refractivity contribution in [2.24, 2.45) is 11.8 Å². The molecule has 0 aromatic rings. The van der Waals surface area contributed by atoms with Crippen LogP contribution in [0, 0.1) is 11.8 Å². The number of ether oxygens (including phenoxy) is 1. The average Bonchev–Trinajstić information content (AvgIpc) is 2.51. The van der Waals surface area contributed by atoms with Gasteiger partial charge in [-0.3, -0.25) is 4.79 Å². The molecular weight excluding hydrogens is 164 g/mol. The highest BCUT2D eigenvalue weighted by atomic mass is 16.5. The average molecular weight is 184 g/mol. The van der Waals surface area contributed by atoms with Gasteiger partial charge in [0.1, 0.15) is 6.10 Å². The van der Waals surface area contributed by atoms with Crippen molar-refractivity contribution in [2.75, 3.05) is 6.61 Å². The van der Waals surface area contributed by atoms with Crippen molar-refractivity contribution in [3.05, 3.63) is 0 Å². The maximum Gasteiger partial charge on any atom is 0.162 e. The van der Waals surface area contributed by atoms with Gasteiger partial charge in [-0.1, -0.05) is 27.2 Å². The van der Waals surface area contributed by atoms with Crippen molar-refractivity contribution in [3.8, 4) is 0 Å². The molecule has 1 saturated heterocycles. The molecule has 0 bridgehead atoms. The molecule has 76 valence electrons. The maximum absolute atomic E-state index is 11.7. The normalized spacial score (nSPS) is 30.4. The third-order valence-corrected chi connectivity index (χ3v) is 2.95. The molecule has 0 aliphatic carbocycles. The molecule has 1 heterocycles. The Morgan fingerprint density at radius 1 is 1.62 bits per heavy atom. The number of carbonyl (C=O) groups excluding carboxylic acids is 1. The highest BCUT2D eigenvalue weighted by Gasteiger charge is 2.30. The monoisotopic (exact) mass is 184 g/mol. The van der Waals surface area contributed by atoms with Crippen LogP contribution in [0.25, 0.3) is 0 Å². The second kappa shape index (κ2) is 4.75. The molecule has 0 aromatic heterocycles. The van der Waals surface area contributed by atoms with E-state index in [-0.39, 0.29) is 6.10 Å². The lowest BCUT2D eigenvalue weighted by atomic mass is 9.93. The highest BCUT2D eigenvalue weighted by molar-refractivity contribution is 5.83. The molecule has 0 spiro atoms. The number of hydrogen-bond donors (Lipinski definition) is 0. The van der Waals surface area contributed by atoms with Crippen LogP contribution in [-0.4, -0.2) is 18.5 Å². The van der Waals surface area contributed by atoms with E-state index in [1.165, 1.54) is 0 Å². The van der Waals surface area contributed by atoms with E-state index in [1.54, 1.807) is 0 Å². The Morgan fingerprint density at radius 3 is 2.77 bits per heavy atom. The predicted molar refractivity (Wildman–Crippen MR) is 52.6 cm³/mol. The first-order chi connectivity index (χ1) is 6.15. The highest BCUT2D eigenvalue weighted by Crippen LogP contribution is 2.23. The molecule has 2 heteroatoms. The molecule has 2 nitrogen and oxygen atoms in total. The minimum atomic E-state index is -0.103. The summed E-state index contributed by atoms with van der Waals surface area (Å²) in [6.07, 6.45) is 2.70. The second-order valence-electron chi connectivity index (χ2n) is 4.24. The summed E-state index contributed by atoms with van der Waals surface area (Å²) in [6.45, 7) is 7.11. The fourth-order valence-electron chi connectivity index (χ4n) is 1.71. The van der Waals surface area contributed by atoms with E-state index in [0.29, 0.717) is 24.0 Å². The summed E-state index contributed by atoms with van der Waals surface area (Å²) in [6, 6.07) is 0. The van der Waals surface area contributed by atoms with E-state index >= 15 is 0 Å². The van der Waals surface area contributed by atoms with Gasteiger partial charge in [0, 0.05) is 13.0 Å². The van der Waals surface area contributed by atoms with Crippen molar-refractivity contribution in [1.82, 2.24) is 0 Å². The summed E-state index contributed by atoms with van der Waals surface area (Å²) in [5.41, 5.74) is 0. The van der Waals surface area contributed by atoms with E-state index in [2.05, 4.69) is 20.8 Å². The molecule has 1 fully saturated rings. The van der Waals surface area contributed by atoms with E-state index in [0.717, 1.165) is 19.4 Å². The lowest BCUT2D eigenvalue weighted by Crippen LogP contribution is -2.26. The Hall–Kier alpha value is -0.370.